The maximum atomic E-state index is 13.7. The minimum Gasteiger partial charge on any atom is -0.334 e. The number of nitrogens with zero attached hydrogens (tertiary/aromatic N) is 2. The molecule has 0 saturated heterocycles. The number of benzene rings is 2. The molecule has 0 spiro atoms. The Morgan fingerprint density at radius 1 is 1.20 bits per heavy atom. The van der Waals surface area contributed by atoms with Crippen LogP contribution in [-0.2, 0) is 11.3 Å². The molecule has 0 fully saturated rings. The Labute approximate surface area is 173 Å². The van der Waals surface area contributed by atoms with E-state index in [1.807, 2.05) is 6.92 Å². The third-order valence-electron chi connectivity index (χ3n) is 4.29. The summed E-state index contributed by atoms with van der Waals surface area (Å²) >= 11 is 0. The fourth-order valence-electron chi connectivity index (χ4n) is 2.85. The summed E-state index contributed by atoms with van der Waals surface area (Å²) in [5, 5.41) is 7.75. The van der Waals surface area contributed by atoms with E-state index in [0.717, 1.165) is 5.82 Å². The molecule has 1 heterocycles. The highest BCUT2D eigenvalue weighted by Crippen LogP contribution is 2.18. The number of terminal acetylenes is 1. The lowest BCUT2D eigenvalue weighted by Gasteiger charge is -2.13. The Balaban J connectivity index is 1.55. The lowest BCUT2D eigenvalue weighted by Crippen LogP contribution is -2.39. The molecule has 3 N–H and O–H groups in total. The molecule has 0 radical (unpaired) electrons. The van der Waals surface area contributed by atoms with Gasteiger partial charge in [-0.25, -0.2) is 14.2 Å². The number of amides is 3. The summed E-state index contributed by atoms with van der Waals surface area (Å²) in [4.78, 5) is 28.3. The zero-order valence-electron chi connectivity index (χ0n) is 16.3. The van der Waals surface area contributed by atoms with Gasteiger partial charge in [0.15, 0.2) is 0 Å². The summed E-state index contributed by atoms with van der Waals surface area (Å²) in [6.07, 6.45) is 8.73. The van der Waals surface area contributed by atoms with E-state index < -0.39 is 17.8 Å². The van der Waals surface area contributed by atoms with Crippen molar-refractivity contribution in [1.82, 2.24) is 20.2 Å². The fraction of sp³-hybridized carbons (Fsp3) is 0.136. The van der Waals surface area contributed by atoms with Gasteiger partial charge in [0.25, 0.3) is 0 Å². The van der Waals surface area contributed by atoms with E-state index in [1.54, 1.807) is 47.3 Å². The van der Waals surface area contributed by atoms with Crippen LogP contribution in [0.15, 0.2) is 54.9 Å². The molecule has 0 aliphatic rings. The average Bonchev–Trinajstić information content (AvgIpc) is 3.16. The number of aryl methyl sites for hydroxylation is 1. The highest BCUT2D eigenvalue weighted by Gasteiger charge is 2.11. The van der Waals surface area contributed by atoms with Crippen molar-refractivity contribution < 1.29 is 14.0 Å². The normalized spacial score (nSPS) is 10.2. The summed E-state index contributed by atoms with van der Waals surface area (Å²) in [5.74, 6) is 2.40. The molecule has 8 heteroatoms. The van der Waals surface area contributed by atoms with Crippen LogP contribution in [0, 0.1) is 25.1 Å². The van der Waals surface area contributed by atoms with Crippen molar-refractivity contribution in [1.29, 1.82) is 0 Å². The quantitative estimate of drug-likeness (QED) is 0.551. The number of hydrogen-bond acceptors (Lipinski definition) is 3. The molecular formula is C22H20FN5O2. The first-order valence-electron chi connectivity index (χ1n) is 9.13. The molecule has 0 aliphatic heterocycles. The Morgan fingerprint density at radius 2 is 2.03 bits per heavy atom. The second-order valence-corrected chi connectivity index (χ2v) is 6.43. The Morgan fingerprint density at radius 3 is 2.77 bits per heavy atom. The van der Waals surface area contributed by atoms with Crippen molar-refractivity contribution >= 4 is 17.6 Å². The molecule has 0 atom stereocenters. The largest absolute Gasteiger partial charge is 0.334 e. The Bertz CT molecular complexity index is 1120. The fourth-order valence-corrected chi connectivity index (χ4v) is 2.85. The zero-order valence-corrected chi connectivity index (χ0v) is 16.3. The zero-order chi connectivity index (χ0) is 21.5. The van der Waals surface area contributed by atoms with Gasteiger partial charge in [-0.2, -0.15) is 0 Å². The number of imidazole rings is 1. The monoisotopic (exact) mass is 405 g/mol. The number of halogens is 1. The van der Waals surface area contributed by atoms with Crippen LogP contribution in [0.3, 0.4) is 0 Å². The molecule has 3 rings (SSSR count). The van der Waals surface area contributed by atoms with Gasteiger partial charge in [-0.3, -0.25) is 4.79 Å². The molecule has 30 heavy (non-hydrogen) atoms. The van der Waals surface area contributed by atoms with Crippen LogP contribution < -0.4 is 16.0 Å². The van der Waals surface area contributed by atoms with Crippen LogP contribution >= 0.6 is 0 Å². The third kappa shape index (κ3) is 5.23. The van der Waals surface area contributed by atoms with Crippen molar-refractivity contribution in [3.8, 4) is 18.0 Å². The van der Waals surface area contributed by atoms with Crippen molar-refractivity contribution in [3.63, 3.8) is 0 Å². The average molecular weight is 405 g/mol. The minimum atomic E-state index is -0.555. The van der Waals surface area contributed by atoms with Gasteiger partial charge in [-0.05, 0) is 48.9 Å². The lowest BCUT2D eigenvalue weighted by atomic mass is 10.1. The maximum Gasteiger partial charge on any atom is 0.315 e. The van der Waals surface area contributed by atoms with Gasteiger partial charge in [-0.1, -0.05) is 12.0 Å². The summed E-state index contributed by atoms with van der Waals surface area (Å²) in [6.45, 7) is 1.66. The maximum absolute atomic E-state index is 13.7. The van der Waals surface area contributed by atoms with Crippen LogP contribution in [0.5, 0.6) is 0 Å². The van der Waals surface area contributed by atoms with Crippen LogP contribution in [0.4, 0.5) is 14.9 Å². The molecule has 0 bridgehead atoms. The second-order valence-electron chi connectivity index (χ2n) is 6.43. The van der Waals surface area contributed by atoms with Gasteiger partial charge in [-0.15, -0.1) is 6.42 Å². The van der Waals surface area contributed by atoms with Gasteiger partial charge < -0.3 is 20.5 Å². The van der Waals surface area contributed by atoms with E-state index in [2.05, 4.69) is 26.9 Å². The number of urea groups is 1. The summed E-state index contributed by atoms with van der Waals surface area (Å²) < 4.78 is 15.5. The van der Waals surface area contributed by atoms with Gasteiger partial charge in [0.05, 0.1) is 12.2 Å². The van der Waals surface area contributed by atoms with E-state index in [9.17, 15) is 14.0 Å². The molecule has 3 aromatic rings. The van der Waals surface area contributed by atoms with Gasteiger partial charge >= 0.3 is 6.03 Å². The van der Waals surface area contributed by atoms with Crippen LogP contribution in [-0.4, -0.2) is 28.0 Å². The van der Waals surface area contributed by atoms with Crippen molar-refractivity contribution in [3.05, 3.63) is 77.6 Å². The van der Waals surface area contributed by atoms with Gasteiger partial charge in [0.2, 0.25) is 5.91 Å². The highest BCUT2D eigenvalue weighted by molar-refractivity contribution is 5.94. The van der Waals surface area contributed by atoms with E-state index in [-0.39, 0.29) is 13.1 Å². The van der Waals surface area contributed by atoms with Crippen LogP contribution in [0.2, 0.25) is 0 Å². The van der Waals surface area contributed by atoms with E-state index in [0.29, 0.717) is 22.5 Å². The topological polar surface area (TPSA) is 88.0 Å². The number of aromatic nitrogens is 2. The predicted octanol–water partition coefficient (Wildman–Crippen LogP) is 2.74. The van der Waals surface area contributed by atoms with Crippen molar-refractivity contribution in [2.24, 2.45) is 0 Å². The molecule has 0 unspecified atom stereocenters. The van der Waals surface area contributed by atoms with Gasteiger partial charge in [0, 0.05) is 30.2 Å². The molecule has 0 saturated carbocycles. The molecule has 2 aromatic carbocycles. The SMILES string of the molecule is C#Cc1cccc(NC(=O)CNC(=O)NCc2cc(F)ccc2-n2ccnc2C)c1. The third-order valence-corrected chi connectivity index (χ3v) is 4.29. The first-order valence-corrected chi connectivity index (χ1v) is 9.13. The van der Waals surface area contributed by atoms with Gasteiger partial charge in [0.1, 0.15) is 11.6 Å². The standard InChI is InChI=1S/C22H20FN5O2/c1-3-16-5-4-6-19(11-16)27-21(29)14-26-22(30)25-13-17-12-18(23)7-8-20(17)28-10-9-24-15(28)2/h1,4-12H,13-14H2,2H3,(H,27,29)(H2,25,26,30). The van der Waals surface area contributed by atoms with E-state index in [1.165, 1.54) is 12.1 Å². The van der Waals surface area contributed by atoms with Crippen LogP contribution in [0.25, 0.3) is 5.69 Å². The van der Waals surface area contributed by atoms with E-state index >= 15 is 0 Å². The smallest absolute Gasteiger partial charge is 0.315 e. The summed E-state index contributed by atoms with van der Waals surface area (Å²) in [6, 6.07) is 10.6. The number of carbonyl (C=O) groups excluding carboxylic acids is 2. The molecular weight excluding hydrogens is 385 g/mol. The number of carbonyl (C=O) groups is 2. The van der Waals surface area contributed by atoms with Crippen molar-refractivity contribution in [2.75, 3.05) is 11.9 Å². The first kappa shape index (κ1) is 20.6. The number of anilines is 1. The molecule has 1 aromatic heterocycles. The van der Waals surface area contributed by atoms with Crippen LogP contribution in [0.1, 0.15) is 17.0 Å². The molecule has 0 aliphatic carbocycles. The minimum absolute atomic E-state index is 0.0718. The Hall–Kier alpha value is -4.12. The second kappa shape index (κ2) is 9.39. The molecule has 3 amide bonds. The lowest BCUT2D eigenvalue weighted by molar-refractivity contribution is -0.115. The number of hydrogen-bond donors (Lipinski definition) is 3. The summed E-state index contributed by atoms with van der Waals surface area (Å²) in [5.41, 5.74) is 2.45. The molecule has 152 valence electrons. The number of rotatable bonds is 6. The summed E-state index contributed by atoms with van der Waals surface area (Å²) in [7, 11) is 0. The Kier molecular flexibility index (Phi) is 6.45. The first-order chi connectivity index (χ1) is 14.5. The van der Waals surface area contributed by atoms with E-state index in [4.69, 9.17) is 6.42 Å². The number of nitrogens with one attached hydrogen (secondary N) is 3. The predicted molar refractivity (Wildman–Crippen MR) is 112 cm³/mol. The highest BCUT2D eigenvalue weighted by atomic mass is 19.1. The van der Waals surface area contributed by atoms with Crippen molar-refractivity contribution in [2.45, 2.75) is 13.5 Å². The molecule has 7 nitrogen and oxygen atoms in total.